The summed E-state index contributed by atoms with van der Waals surface area (Å²) in [5, 5.41) is 16.7. The monoisotopic (exact) mass is 584 g/mol. The molecule has 0 atom stereocenters. The lowest BCUT2D eigenvalue weighted by molar-refractivity contribution is -0.384. The predicted octanol–water partition coefficient (Wildman–Crippen LogP) is 5.98. The van der Waals surface area contributed by atoms with E-state index in [9.17, 15) is 28.9 Å². The van der Waals surface area contributed by atoms with Gasteiger partial charge in [-0.2, -0.15) is 0 Å². The summed E-state index contributed by atoms with van der Waals surface area (Å²) in [6, 6.07) is 23.6. The standard InChI is InChI=1S/C30H21FN4O6S/c1-41-24-15-9-20(10-16-24)32-26-27(30(38)34(29(26)37)22-13-7-19(31)8-14-22)42-25-4-2-3-21(17-25)33-28(36)18-5-11-23(12-6-18)35(39)40/h2-17,32H,1H3,(H,33,36). The molecule has 210 valence electrons. The van der Waals surface area contributed by atoms with Crippen LogP contribution in [-0.2, 0) is 9.59 Å². The van der Waals surface area contributed by atoms with Gasteiger partial charge in [0.15, 0.2) is 0 Å². The Labute approximate surface area is 242 Å². The average Bonchev–Trinajstić information content (AvgIpc) is 3.22. The summed E-state index contributed by atoms with van der Waals surface area (Å²) >= 11 is 1.02. The molecule has 10 nitrogen and oxygen atoms in total. The normalized spacial score (nSPS) is 12.9. The maximum atomic E-state index is 13.6. The Hall–Kier alpha value is -5.49. The third-order valence-corrected chi connectivity index (χ3v) is 7.21. The summed E-state index contributed by atoms with van der Waals surface area (Å²) in [4.78, 5) is 51.8. The number of hydrogen-bond donors (Lipinski definition) is 2. The van der Waals surface area contributed by atoms with Crippen molar-refractivity contribution in [2.24, 2.45) is 0 Å². The van der Waals surface area contributed by atoms with Gasteiger partial charge in [0, 0.05) is 34.0 Å². The highest BCUT2D eigenvalue weighted by Crippen LogP contribution is 2.38. The molecular formula is C30H21FN4O6S. The average molecular weight is 585 g/mol. The van der Waals surface area contributed by atoms with Gasteiger partial charge in [-0.15, -0.1) is 0 Å². The van der Waals surface area contributed by atoms with E-state index < -0.39 is 28.5 Å². The second kappa shape index (κ2) is 11.9. The number of carbonyl (C=O) groups excluding carboxylic acids is 3. The van der Waals surface area contributed by atoms with E-state index in [1.807, 2.05) is 0 Å². The number of hydrogen-bond acceptors (Lipinski definition) is 8. The van der Waals surface area contributed by atoms with E-state index >= 15 is 0 Å². The van der Waals surface area contributed by atoms with Gasteiger partial charge in [-0.05, 0) is 78.9 Å². The number of nitro benzene ring substituents is 1. The van der Waals surface area contributed by atoms with Crippen LogP contribution >= 0.6 is 11.8 Å². The van der Waals surface area contributed by atoms with Crippen molar-refractivity contribution in [2.45, 2.75) is 4.90 Å². The molecule has 0 saturated carbocycles. The Bertz CT molecular complexity index is 1720. The van der Waals surface area contributed by atoms with Crippen molar-refractivity contribution >= 4 is 52.2 Å². The smallest absolute Gasteiger partial charge is 0.283 e. The number of non-ortho nitro benzene ring substituents is 1. The van der Waals surface area contributed by atoms with Gasteiger partial charge < -0.3 is 15.4 Å². The summed E-state index contributed by atoms with van der Waals surface area (Å²) < 4.78 is 18.7. The highest BCUT2D eigenvalue weighted by atomic mass is 32.2. The maximum absolute atomic E-state index is 13.6. The Kier molecular flexibility index (Phi) is 7.98. The summed E-state index contributed by atoms with van der Waals surface area (Å²) in [7, 11) is 1.53. The van der Waals surface area contributed by atoms with E-state index in [1.165, 1.54) is 43.5 Å². The third-order valence-electron chi connectivity index (χ3n) is 6.14. The topological polar surface area (TPSA) is 131 Å². The molecule has 0 radical (unpaired) electrons. The zero-order valence-electron chi connectivity index (χ0n) is 21.9. The number of amides is 3. The van der Waals surface area contributed by atoms with Crippen LogP contribution in [0.5, 0.6) is 5.75 Å². The number of nitrogens with one attached hydrogen (secondary N) is 2. The number of rotatable bonds is 9. The number of nitrogens with zero attached hydrogens (tertiary/aromatic N) is 2. The molecule has 42 heavy (non-hydrogen) atoms. The summed E-state index contributed by atoms with van der Waals surface area (Å²) in [6.45, 7) is 0. The van der Waals surface area contributed by atoms with Gasteiger partial charge in [0.2, 0.25) is 0 Å². The highest BCUT2D eigenvalue weighted by Gasteiger charge is 2.40. The largest absolute Gasteiger partial charge is 0.497 e. The molecule has 0 spiro atoms. The molecule has 0 saturated heterocycles. The molecule has 4 aromatic rings. The van der Waals surface area contributed by atoms with Crippen LogP contribution in [0.25, 0.3) is 0 Å². The van der Waals surface area contributed by atoms with Crippen molar-refractivity contribution in [1.29, 1.82) is 0 Å². The fourth-order valence-electron chi connectivity index (χ4n) is 4.05. The van der Waals surface area contributed by atoms with Crippen molar-refractivity contribution in [1.82, 2.24) is 0 Å². The second-order valence-corrected chi connectivity index (χ2v) is 9.95. The quantitative estimate of drug-likeness (QED) is 0.140. The van der Waals surface area contributed by atoms with Crippen molar-refractivity contribution in [2.75, 3.05) is 22.6 Å². The summed E-state index contributed by atoms with van der Waals surface area (Å²) in [6.07, 6.45) is 0. The lowest BCUT2D eigenvalue weighted by Gasteiger charge is -2.15. The minimum atomic E-state index is -0.618. The first-order valence-electron chi connectivity index (χ1n) is 12.4. The molecule has 1 aliphatic heterocycles. The second-order valence-electron chi connectivity index (χ2n) is 8.87. The molecule has 0 fully saturated rings. The molecule has 3 amide bonds. The number of ether oxygens (including phenoxy) is 1. The number of imide groups is 1. The fraction of sp³-hybridized carbons (Fsp3) is 0.0333. The Morgan fingerprint density at radius 1 is 0.905 bits per heavy atom. The van der Waals surface area contributed by atoms with E-state index in [0.717, 1.165) is 28.8 Å². The van der Waals surface area contributed by atoms with Crippen molar-refractivity contribution < 1.29 is 28.4 Å². The van der Waals surface area contributed by atoms with E-state index in [4.69, 9.17) is 4.74 Å². The zero-order chi connectivity index (χ0) is 29.8. The number of halogens is 1. The highest BCUT2D eigenvalue weighted by molar-refractivity contribution is 8.04. The molecule has 5 rings (SSSR count). The molecule has 0 bridgehead atoms. The van der Waals surface area contributed by atoms with E-state index in [1.54, 1.807) is 48.5 Å². The first-order chi connectivity index (χ1) is 20.2. The fourth-order valence-corrected chi connectivity index (χ4v) is 5.04. The Morgan fingerprint density at radius 3 is 2.24 bits per heavy atom. The zero-order valence-corrected chi connectivity index (χ0v) is 22.7. The molecule has 2 N–H and O–H groups in total. The molecular weight excluding hydrogens is 563 g/mol. The van der Waals surface area contributed by atoms with Crippen LogP contribution in [0, 0.1) is 15.9 Å². The Balaban J connectivity index is 1.42. The molecule has 1 heterocycles. The first kappa shape index (κ1) is 28.1. The van der Waals surface area contributed by atoms with Gasteiger partial charge in [0.05, 0.1) is 17.7 Å². The Morgan fingerprint density at radius 2 is 1.60 bits per heavy atom. The van der Waals surface area contributed by atoms with Crippen LogP contribution in [0.2, 0.25) is 0 Å². The van der Waals surface area contributed by atoms with Crippen LogP contribution in [0.15, 0.2) is 113 Å². The molecule has 4 aromatic carbocycles. The lowest BCUT2D eigenvalue weighted by atomic mass is 10.2. The van der Waals surface area contributed by atoms with Gasteiger partial charge >= 0.3 is 0 Å². The van der Waals surface area contributed by atoms with Crippen LogP contribution in [0.4, 0.5) is 27.1 Å². The van der Waals surface area contributed by atoms with Crippen LogP contribution in [0.3, 0.4) is 0 Å². The summed E-state index contributed by atoms with van der Waals surface area (Å²) in [5.41, 5.74) is 1.26. The molecule has 1 aliphatic rings. The van der Waals surface area contributed by atoms with Crippen molar-refractivity contribution in [3.63, 3.8) is 0 Å². The SMILES string of the molecule is COc1ccc(NC2=C(Sc3cccc(NC(=O)c4ccc([N+](=O)[O-])cc4)c3)C(=O)N(c3ccc(F)cc3)C2=O)cc1. The maximum Gasteiger partial charge on any atom is 0.283 e. The first-order valence-corrected chi connectivity index (χ1v) is 13.2. The van der Waals surface area contributed by atoms with Gasteiger partial charge in [0.25, 0.3) is 23.4 Å². The molecule has 12 heteroatoms. The number of carbonyl (C=O) groups is 3. The van der Waals surface area contributed by atoms with E-state index in [2.05, 4.69) is 10.6 Å². The minimum absolute atomic E-state index is 0.0276. The van der Waals surface area contributed by atoms with Gasteiger partial charge in [-0.3, -0.25) is 24.5 Å². The molecule has 0 unspecified atom stereocenters. The van der Waals surface area contributed by atoms with Crippen LogP contribution < -0.4 is 20.3 Å². The van der Waals surface area contributed by atoms with Crippen LogP contribution in [0.1, 0.15) is 10.4 Å². The van der Waals surface area contributed by atoms with Crippen LogP contribution in [-0.4, -0.2) is 29.8 Å². The van der Waals surface area contributed by atoms with Crippen molar-refractivity contribution in [3.8, 4) is 5.75 Å². The number of anilines is 3. The minimum Gasteiger partial charge on any atom is -0.497 e. The van der Waals surface area contributed by atoms with Crippen molar-refractivity contribution in [3.05, 3.63) is 129 Å². The predicted molar refractivity (Wildman–Crippen MR) is 156 cm³/mol. The van der Waals surface area contributed by atoms with E-state index in [-0.39, 0.29) is 27.5 Å². The van der Waals surface area contributed by atoms with E-state index in [0.29, 0.717) is 22.0 Å². The third kappa shape index (κ3) is 5.98. The molecule has 0 aromatic heterocycles. The van der Waals surface area contributed by atoms with Gasteiger partial charge in [-0.1, -0.05) is 17.8 Å². The van der Waals surface area contributed by atoms with Gasteiger partial charge in [-0.25, -0.2) is 9.29 Å². The number of thioether (sulfide) groups is 1. The number of nitro groups is 1. The number of benzene rings is 4. The number of methoxy groups -OCH3 is 1. The van der Waals surface area contributed by atoms with Gasteiger partial charge in [0.1, 0.15) is 22.2 Å². The lowest BCUT2D eigenvalue weighted by Crippen LogP contribution is -2.32. The summed E-state index contributed by atoms with van der Waals surface area (Å²) in [5.74, 6) is -1.61. The molecule has 0 aliphatic carbocycles.